The van der Waals surface area contributed by atoms with Crippen molar-refractivity contribution in [3.05, 3.63) is 52.0 Å². The Bertz CT molecular complexity index is 1120. The minimum Gasteiger partial charge on any atom is -0.486 e. The number of hydrogen-bond donors (Lipinski definition) is 1. The Kier molecular flexibility index (Phi) is 6.86. The average molecular weight is 499 g/mol. The zero-order valence-corrected chi connectivity index (χ0v) is 19.8. The normalized spacial score (nSPS) is 18.2. The fourth-order valence-corrected chi connectivity index (χ4v) is 6.01. The Labute approximate surface area is 197 Å². The van der Waals surface area contributed by atoms with Gasteiger partial charge in [0.05, 0.1) is 10.9 Å². The van der Waals surface area contributed by atoms with Crippen molar-refractivity contribution < 1.29 is 22.7 Å². The van der Waals surface area contributed by atoms with Gasteiger partial charge in [-0.3, -0.25) is 4.79 Å². The molecule has 1 unspecified atom stereocenters. The van der Waals surface area contributed by atoms with Crippen molar-refractivity contribution >= 4 is 39.1 Å². The lowest BCUT2D eigenvalue weighted by Crippen LogP contribution is -2.43. The van der Waals surface area contributed by atoms with Crippen molar-refractivity contribution in [2.45, 2.75) is 30.7 Å². The molecule has 2 aromatic carbocycles. The van der Waals surface area contributed by atoms with Crippen LogP contribution in [-0.4, -0.2) is 44.9 Å². The Morgan fingerprint density at radius 3 is 2.44 bits per heavy atom. The van der Waals surface area contributed by atoms with Gasteiger partial charge in [-0.05, 0) is 49.6 Å². The van der Waals surface area contributed by atoms with Gasteiger partial charge in [0.25, 0.3) is 0 Å². The first-order valence-corrected chi connectivity index (χ1v) is 12.6. The van der Waals surface area contributed by atoms with Crippen molar-refractivity contribution in [1.29, 1.82) is 0 Å². The van der Waals surface area contributed by atoms with Gasteiger partial charge >= 0.3 is 0 Å². The molecule has 1 fully saturated rings. The number of ether oxygens (including phenoxy) is 2. The summed E-state index contributed by atoms with van der Waals surface area (Å²) in [5, 5.41) is 4.00. The number of piperidine rings is 1. The summed E-state index contributed by atoms with van der Waals surface area (Å²) >= 11 is 12.2. The number of benzene rings is 2. The van der Waals surface area contributed by atoms with Crippen LogP contribution in [0.25, 0.3) is 0 Å². The van der Waals surface area contributed by atoms with Crippen molar-refractivity contribution in [3.63, 3.8) is 0 Å². The van der Waals surface area contributed by atoms with Crippen LogP contribution in [0.2, 0.25) is 10.0 Å². The number of amides is 1. The number of fused-ring (bicyclic) bond motifs is 1. The maximum atomic E-state index is 13.1. The van der Waals surface area contributed by atoms with E-state index in [-0.39, 0.29) is 35.9 Å². The molecule has 2 aliphatic rings. The van der Waals surface area contributed by atoms with E-state index in [1.54, 1.807) is 24.3 Å². The molecule has 2 aromatic rings. The second-order valence-electron chi connectivity index (χ2n) is 7.88. The number of halogens is 2. The smallest absolute Gasteiger partial charge is 0.243 e. The molecule has 1 N–H and O–H groups in total. The number of sulfonamides is 1. The molecular weight excluding hydrogens is 475 g/mol. The van der Waals surface area contributed by atoms with Crippen LogP contribution in [0.4, 0.5) is 0 Å². The molecule has 10 heteroatoms. The van der Waals surface area contributed by atoms with Gasteiger partial charge in [0.1, 0.15) is 13.2 Å². The lowest BCUT2D eigenvalue weighted by molar-refractivity contribution is -0.126. The predicted molar refractivity (Wildman–Crippen MR) is 122 cm³/mol. The first-order chi connectivity index (χ1) is 15.3. The zero-order valence-electron chi connectivity index (χ0n) is 17.5. The van der Waals surface area contributed by atoms with Crippen molar-refractivity contribution in [2.75, 3.05) is 26.3 Å². The number of carbonyl (C=O) groups excluding carboxylic acids is 1. The largest absolute Gasteiger partial charge is 0.486 e. The van der Waals surface area contributed by atoms with Crippen LogP contribution in [-0.2, 0) is 14.8 Å². The van der Waals surface area contributed by atoms with E-state index in [1.165, 1.54) is 16.4 Å². The Hall–Kier alpha value is -2.00. The molecule has 0 spiro atoms. The quantitative estimate of drug-likeness (QED) is 0.672. The maximum absolute atomic E-state index is 13.1. The lowest BCUT2D eigenvalue weighted by atomic mass is 9.96. The van der Waals surface area contributed by atoms with Crippen molar-refractivity contribution in [1.82, 2.24) is 9.62 Å². The number of carbonyl (C=O) groups is 1. The first kappa shape index (κ1) is 23.2. The second kappa shape index (κ2) is 9.47. The molecule has 32 heavy (non-hydrogen) atoms. The van der Waals surface area contributed by atoms with E-state index in [0.717, 1.165) is 5.56 Å². The molecule has 0 aromatic heterocycles. The molecular formula is C22H24Cl2N2O5S. The van der Waals surface area contributed by atoms with Gasteiger partial charge in [-0.2, -0.15) is 4.31 Å². The van der Waals surface area contributed by atoms with E-state index in [4.69, 9.17) is 32.7 Å². The van der Waals surface area contributed by atoms with Gasteiger partial charge in [-0.25, -0.2) is 8.42 Å². The highest BCUT2D eigenvalue weighted by Gasteiger charge is 2.33. The molecule has 172 valence electrons. The standard InChI is InChI=1S/C22H24Cl2N2O5S/c1-14(18-4-2-16(23)12-19(18)24)25-22(27)15-6-8-26(9-7-15)32(28,29)17-3-5-20-21(13-17)31-11-10-30-20/h2-5,12-15H,6-11H2,1H3,(H,25,27). The molecule has 0 radical (unpaired) electrons. The van der Waals surface area contributed by atoms with Crippen LogP contribution in [0.15, 0.2) is 41.3 Å². The Balaban J connectivity index is 1.37. The van der Waals surface area contributed by atoms with E-state index in [9.17, 15) is 13.2 Å². The van der Waals surface area contributed by atoms with Crippen LogP contribution in [0, 0.1) is 5.92 Å². The molecule has 1 atom stereocenters. The molecule has 1 saturated heterocycles. The molecule has 0 saturated carbocycles. The summed E-state index contributed by atoms with van der Waals surface area (Å²) in [4.78, 5) is 12.9. The van der Waals surface area contributed by atoms with E-state index in [2.05, 4.69) is 5.32 Å². The summed E-state index contributed by atoms with van der Waals surface area (Å²) in [7, 11) is -3.68. The maximum Gasteiger partial charge on any atom is 0.243 e. The number of hydrogen-bond acceptors (Lipinski definition) is 5. The third kappa shape index (κ3) is 4.83. The summed E-state index contributed by atoms with van der Waals surface area (Å²) in [6.45, 7) is 3.22. The summed E-state index contributed by atoms with van der Waals surface area (Å²) in [5.74, 6) is 0.595. The molecule has 2 aliphatic heterocycles. The fourth-order valence-electron chi connectivity index (χ4n) is 3.95. The van der Waals surface area contributed by atoms with E-state index >= 15 is 0 Å². The molecule has 4 rings (SSSR count). The van der Waals surface area contributed by atoms with Gasteiger partial charge in [-0.1, -0.05) is 29.3 Å². The minimum absolute atomic E-state index is 0.111. The lowest BCUT2D eigenvalue weighted by Gasteiger charge is -2.31. The predicted octanol–water partition coefficient (Wildman–Crippen LogP) is 4.04. The van der Waals surface area contributed by atoms with Gasteiger partial charge < -0.3 is 14.8 Å². The summed E-state index contributed by atoms with van der Waals surface area (Å²) in [6, 6.07) is 9.52. The molecule has 0 aliphatic carbocycles. The third-order valence-corrected chi connectivity index (χ3v) is 8.22. The topological polar surface area (TPSA) is 84.9 Å². The Morgan fingerprint density at radius 1 is 1.06 bits per heavy atom. The number of rotatable bonds is 5. The van der Waals surface area contributed by atoms with Gasteiger partial charge in [0.2, 0.25) is 15.9 Å². The summed E-state index contributed by atoms with van der Waals surface area (Å²) < 4.78 is 38.5. The van der Waals surface area contributed by atoms with Crippen LogP contribution >= 0.6 is 23.2 Å². The summed E-state index contributed by atoms with van der Waals surface area (Å²) in [6.07, 6.45) is 0.882. The van der Waals surface area contributed by atoms with Gasteiger partial charge in [0.15, 0.2) is 11.5 Å². The molecule has 7 nitrogen and oxygen atoms in total. The van der Waals surface area contributed by atoms with Crippen LogP contribution in [0.5, 0.6) is 11.5 Å². The SMILES string of the molecule is CC(NC(=O)C1CCN(S(=O)(=O)c2ccc3c(c2)OCCO3)CC1)c1ccc(Cl)cc1Cl. The zero-order chi connectivity index (χ0) is 22.9. The van der Waals surface area contributed by atoms with Crippen LogP contribution in [0.1, 0.15) is 31.4 Å². The highest BCUT2D eigenvalue weighted by molar-refractivity contribution is 7.89. The van der Waals surface area contributed by atoms with Crippen molar-refractivity contribution in [2.24, 2.45) is 5.92 Å². The molecule has 2 heterocycles. The molecule has 1 amide bonds. The average Bonchev–Trinajstić information content (AvgIpc) is 2.78. The second-order valence-corrected chi connectivity index (χ2v) is 10.7. The van der Waals surface area contributed by atoms with E-state index < -0.39 is 10.0 Å². The van der Waals surface area contributed by atoms with E-state index in [1.807, 2.05) is 6.92 Å². The fraction of sp³-hybridized carbons (Fsp3) is 0.409. The number of nitrogens with one attached hydrogen (secondary N) is 1. The Morgan fingerprint density at radius 2 is 1.75 bits per heavy atom. The highest BCUT2D eigenvalue weighted by atomic mass is 35.5. The third-order valence-electron chi connectivity index (χ3n) is 5.76. The van der Waals surface area contributed by atoms with Crippen LogP contribution < -0.4 is 14.8 Å². The number of nitrogens with zero attached hydrogens (tertiary/aromatic N) is 1. The van der Waals surface area contributed by atoms with Gasteiger partial charge in [0, 0.05) is 35.1 Å². The van der Waals surface area contributed by atoms with E-state index in [0.29, 0.717) is 47.6 Å². The van der Waals surface area contributed by atoms with Crippen LogP contribution in [0.3, 0.4) is 0 Å². The molecule has 0 bridgehead atoms. The van der Waals surface area contributed by atoms with Gasteiger partial charge in [-0.15, -0.1) is 0 Å². The summed E-state index contributed by atoms with van der Waals surface area (Å²) in [5.41, 5.74) is 0.781. The monoisotopic (exact) mass is 498 g/mol. The highest BCUT2D eigenvalue weighted by Crippen LogP contribution is 2.34. The first-order valence-electron chi connectivity index (χ1n) is 10.4. The minimum atomic E-state index is -3.68. The van der Waals surface area contributed by atoms with Crippen molar-refractivity contribution in [3.8, 4) is 11.5 Å².